The third kappa shape index (κ3) is 2.88. The number of carbonyl (C=O) groups excluding carboxylic acids is 1. The summed E-state index contributed by atoms with van der Waals surface area (Å²) in [5.74, 6) is 1.27. The van der Waals surface area contributed by atoms with Crippen molar-refractivity contribution in [1.82, 2.24) is 19.7 Å². The van der Waals surface area contributed by atoms with Crippen molar-refractivity contribution in [2.75, 3.05) is 13.1 Å². The Morgan fingerprint density at radius 3 is 2.96 bits per heavy atom. The van der Waals surface area contributed by atoms with E-state index in [4.69, 9.17) is 10.2 Å². The predicted octanol–water partition coefficient (Wildman–Crippen LogP) is 1.58. The van der Waals surface area contributed by atoms with E-state index < -0.39 is 0 Å². The van der Waals surface area contributed by atoms with Gasteiger partial charge in [0.05, 0.1) is 11.8 Å². The van der Waals surface area contributed by atoms with Gasteiger partial charge in [-0.1, -0.05) is 6.92 Å². The van der Waals surface area contributed by atoms with Crippen molar-refractivity contribution < 1.29 is 9.21 Å². The first-order valence-corrected chi connectivity index (χ1v) is 7.98. The summed E-state index contributed by atoms with van der Waals surface area (Å²) in [4.78, 5) is 19.2. The van der Waals surface area contributed by atoms with Crippen LogP contribution in [0.4, 0.5) is 0 Å². The van der Waals surface area contributed by atoms with E-state index in [1.807, 2.05) is 18.1 Å². The van der Waals surface area contributed by atoms with Crippen LogP contribution in [0.25, 0.3) is 11.5 Å². The first-order valence-electron chi connectivity index (χ1n) is 7.98. The molecule has 0 spiro atoms. The fraction of sp³-hybridized carbons (Fsp3) is 0.562. The van der Waals surface area contributed by atoms with E-state index in [2.05, 4.69) is 17.0 Å². The summed E-state index contributed by atoms with van der Waals surface area (Å²) in [6, 6.07) is 0.0641. The SMILES string of the molecule is Cc1oc(-c2cnn(C)c2)nc1C(=O)N1CCC[C@@H](C)[C@H]1CN. The van der Waals surface area contributed by atoms with Gasteiger partial charge in [-0.25, -0.2) is 4.98 Å². The second kappa shape index (κ2) is 6.16. The number of aryl methyl sites for hydroxylation is 2. The lowest BCUT2D eigenvalue weighted by molar-refractivity contribution is 0.0525. The highest BCUT2D eigenvalue weighted by Crippen LogP contribution is 2.27. The first kappa shape index (κ1) is 15.7. The molecule has 1 saturated heterocycles. The standard InChI is InChI=1S/C16H23N5O2/c1-10-5-4-6-21(13(10)7-17)16(22)14-11(2)23-15(19-14)12-8-18-20(3)9-12/h8-10,13H,4-7,17H2,1-3H3/t10-,13-/m1/s1. The summed E-state index contributed by atoms with van der Waals surface area (Å²) in [5.41, 5.74) is 7.02. The topological polar surface area (TPSA) is 90.2 Å². The number of hydrogen-bond acceptors (Lipinski definition) is 5. The largest absolute Gasteiger partial charge is 0.440 e. The van der Waals surface area contributed by atoms with Gasteiger partial charge in [0.25, 0.3) is 5.91 Å². The maximum absolute atomic E-state index is 12.9. The summed E-state index contributed by atoms with van der Waals surface area (Å²) in [5, 5.41) is 4.11. The normalized spacial score (nSPS) is 21.7. The Bertz CT molecular complexity index is 705. The van der Waals surface area contributed by atoms with Gasteiger partial charge in [-0.2, -0.15) is 5.10 Å². The number of amides is 1. The fourth-order valence-corrected chi connectivity index (χ4v) is 3.25. The molecule has 1 amide bonds. The van der Waals surface area contributed by atoms with Gasteiger partial charge in [-0.15, -0.1) is 0 Å². The van der Waals surface area contributed by atoms with Gasteiger partial charge in [0.15, 0.2) is 5.69 Å². The Morgan fingerprint density at radius 1 is 1.52 bits per heavy atom. The molecule has 124 valence electrons. The van der Waals surface area contributed by atoms with Crippen LogP contribution in [0, 0.1) is 12.8 Å². The third-order valence-electron chi connectivity index (χ3n) is 4.57. The van der Waals surface area contributed by atoms with Gasteiger partial charge >= 0.3 is 0 Å². The zero-order chi connectivity index (χ0) is 16.6. The third-order valence-corrected chi connectivity index (χ3v) is 4.57. The van der Waals surface area contributed by atoms with Crippen LogP contribution in [0.3, 0.4) is 0 Å². The molecule has 7 heteroatoms. The van der Waals surface area contributed by atoms with E-state index in [0.29, 0.717) is 29.8 Å². The van der Waals surface area contributed by atoms with Crippen LogP contribution in [-0.2, 0) is 7.05 Å². The molecule has 1 aliphatic rings. The summed E-state index contributed by atoms with van der Waals surface area (Å²) in [7, 11) is 1.83. The molecule has 0 bridgehead atoms. The van der Waals surface area contributed by atoms with Crippen LogP contribution in [-0.4, -0.2) is 44.7 Å². The van der Waals surface area contributed by atoms with Crippen LogP contribution in [0.2, 0.25) is 0 Å². The molecule has 0 radical (unpaired) electrons. The van der Waals surface area contributed by atoms with Crippen molar-refractivity contribution in [3.63, 3.8) is 0 Å². The van der Waals surface area contributed by atoms with Crippen LogP contribution < -0.4 is 5.73 Å². The van der Waals surface area contributed by atoms with Gasteiger partial charge in [-0.3, -0.25) is 9.48 Å². The predicted molar refractivity (Wildman–Crippen MR) is 85.7 cm³/mol. The number of carbonyl (C=O) groups is 1. The van der Waals surface area contributed by atoms with Crippen LogP contribution >= 0.6 is 0 Å². The van der Waals surface area contributed by atoms with Crippen molar-refractivity contribution in [2.45, 2.75) is 32.7 Å². The molecule has 3 heterocycles. The van der Waals surface area contributed by atoms with Gasteiger partial charge in [0.2, 0.25) is 5.89 Å². The Morgan fingerprint density at radius 2 is 2.30 bits per heavy atom. The fourth-order valence-electron chi connectivity index (χ4n) is 3.25. The lowest BCUT2D eigenvalue weighted by atomic mass is 9.90. The van der Waals surface area contributed by atoms with Crippen LogP contribution in [0.5, 0.6) is 0 Å². The zero-order valence-corrected chi connectivity index (χ0v) is 13.8. The van der Waals surface area contributed by atoms with E-state index in [1.165, 1.54) is 0 Å². The molecular weight excluding hydrogens is 294 g/mol. The van der Waals surface area contributed by atoms with Gasteiger partial charge in [0.1, 0.15) is 5.76 Å². The van der Waals surface area contributed by atoms with Crippen LogP contribution in [0.1, 0.15) is 36.0 Å². The van der Waals surface area contributed by atoms with Crippen molar-refractivity contribution in [3.8, 4) is 11.5 Å². The van der Waals surface area contributed by atoms with E-state index in [0.717, 1.165) is 24.9 Å². The van der Waals surface area contributed by atoms with Crippen molar-refractivity contribution in [2.24, 2.45) is 18.7 Å². The van der Waals surface area contributed by atoms with E-state index in [-0.39, 0.29) is 11.9 Å². The minimum atomic E-state index is -0.0941. The highest BCUT2D eigenvalue weighted by Gasteiger charge is 2.33. The number of aromatic nitrogens is 3. The maximum atomic E-state index is 12.9. The Hall–Kier alpha value is -2.15. The van der Waals surface area contributed by atoms with Gasteiger partial charge in [-0.05, 0) is 25.7 Å². The molecule has 23 heavy (non-hydrogen) atoms. The molecule has 2 atom stereocenters. The highest BCUT2D eigenvalue weighted by atomic mass is 16.4. The Balaban J connectivity index is 1.89. The second-order valence-electron chi connectivity index (χ2n) is 6.25. The first-order chi connectivity index (χ1) is 11.0. The Kier molecular flexibility index (Phi) is 4.21. The minimum absolute atomic E-state index is 0.0641. The lowest BCUT2D eigenvalue weighted by Crippen LogP contribution is -2.51. The van der Waals surface area contributed by atoms with E-state index in [9.17, 15) is 4.79 Å². The lowest BCUT2D eigenvalue weighted by Gasteiger charge is -2.39. The minimum Gasteiger partial charge on any atom is -0.440 e. The van der Waals surface area contributed by atoms with Crippen molar-refractivity contribution in [3.05, 3.63) is 23.8 Å². The molecule has 2 aromatic heterocycles. The monoisotopic (exact) mass is 317 g/mol. The second-order valence-corrected chi connectivity index (χ2v) is 6.25. The van der Waals surface area contributed by atoms with Gasteiger partial charge < -0.3 is 15.1 Å². The highest BCUT2D eigenvalue weighted by molar-refractivity contribution is 5.94. The smallest absolute Gasteiger partial charge is 0.276 e. The number of hydrogen-bond donors (Lipinski definition) is 1. The number of oxazole rings is 1. The van der Waals surface area contributed by atoms with Crippen molar-refractivity contribution in [1.29, 1.82) is 0 Å². The maximum Gasteiger partial charge on any atom is 0.276 e. The molecule has 1 fully saturated rings. The molecule has 2 aromatic rings. The molecule has 1 aliphatic heterocycles. The molecule has 0 saturated carbocycles. The average molecular weight is 317 g/mol. The molecule has 0 aromatic carbocycles. The number of rotatable bonds is 3. The number of likely N-dealkylation sites (tertiary alicyclic amines) is 1. The Labute approximate surface area is 135 Å². The number of nitrogens with zero attached hydrogens (tertiary/aromatic N) is 4. The molecular formula is C16H23N5O2. The number of piperidine rings is 1. The number of nitrogens with two attached hydrogens (primary N) is 1. The van der Waals surface area contributed by atoms with Crippen molar-refractivity contribution >= 4 is 5.91 Å². The van der Waals surface area contributed by atoms with Gasteiger partial charge in [0, 0.05) is 32.4 Å². The van der Waals surface area contributed by atoms with Crippen LogP contribution in [0.15, 0.2) is 16.8 Å². The van der Waals surface area contributed by atoms with E-state index >= 15 is 0 Å². The zero-order valence-electron chi connectivity index (χ0n) is 13.8. The molecule has 2 N–H and O–H groups in total. The average Bonchev–Trinajstić information content (AvgIpc) is 3.12. The molecule has 0 aliphatic carbocycles. The quantitative estimate of drug-likeness (QED) is 0.928. The summed E-state index contributed by atoms with van der Waals surface area (Å²) in [6.45, 7) is 5.11. The molecule has 0 unspecified atom stereocenters. The molecule has 3 rings (SSSR count). The van der Waals surface area contributed by atoms with E-state index in [1.54, 1.807) is 17.8 Å². The summed E-state index contributed by atoms with van der Waals surface area (Å²) >= 11 is 0. The summed E-state index contributed by atoms with van der Waals surface area (Å²) in [6.07, 6.45) is 5.58. The summed E-state index contributed by atoms with van der Waals surface area (Å²) < 4.78 is 7.35. The molecule has 7 nitrogen and oxygen atoms in total.